The van der Waals surface area contributed by atoms with Crippen molar-refractivity contribution in [3.05, 3.63) is 29.3 Å². The summed E-state index contributed by atoms with van der Waals surface area (Å²) in [6, 6.07) is 5.28. The van der Waals surface area contributed by atoms with Crippen LogP contribution < -0.4 is 5.32 Å². The van der Waals surface area contributed by atoms with E-state index in [1.165, 1.54) is 24.3 Å². The second-order valence-electron chi connectivity index (χ2n) is 6.36. The Balaban J connectivity index is 2.24. The third kappa shape index (κ3) is 4.68. The van der Waals surface area contributed by atoms with Gasteiger partial charge in [-0.3, -0.25) is 0 Å². The van der Waals surface area contributed by atoms with Crippen molar-refractivity contribution in [1.82, 2.24) is 5.32 Å². The maximum absolute atomic E-state index is 12.8. The van der Waals surface area contributed by atoms with Crippen LogP contribution in [0.2, 0.25) is 5.02 Å². The molecule has 1 aromatic rings. The molecule has 2 rings (SSSR count). The third-order valence-corrected chi connectivity index (χ3v) is 8.39. The summed E-state index contributed by atoms with van der Waals surface area (Å²) < 4.78 is 49.5. The quantitative estimate of drug-likeness (QED) is 0.816. The molecule has 1 saturated heterocycles. The van der Waals surface area contributed by atoms with Gasteiger partial charge < -0.3 is 5.32 Å². The second kappa shape index (κ2) is 7.09. The SMILES string of the molecule is CC(C)CCN[C@H]1CS(=O)(=O)C[C@@H]1S(=O)(=O)c1ccc(Cl)cc1. The van der Waals surface area contributed by atoms with E-state index in [4.69, 9.17) is 11.6 Å². The van der Waals surface area contributed by atoms with Gasteiger partial charge in [-0.15, -0.1) is 0 Å². The molecule has 1 N–H and O–H groups in total. The average molecular weight is 380 g/mol. The summed E-state index contributed by atoms with van der Waals surface area (Å²) in [5.74, 6) is -0.00767. The molecule has 0 aromatic heterocycles. The number of nitrogens with one attached hydrogen (secondary N) is 1. The third-order valence-electron chi connectivity index (χ3n) is 3.97. The van der Waals surface area contributed by atoms with Gasteiger partial charge in [0, 0.05) is 11.1 Å². The summed E-state index contributed by atoms with van der Waals surface area (Å²) in [5, 5.41) is 2.60. The molecular formula is C15H22ClNO4S2. The molecule has 0 saturated carbocycles. The first-order valence-corrected chi connectivity index (χ1v) is 11.3. The fourth-order valence-corrected chi connectivity index (χ4v) is 7.51. The van der Waals surface area contributed by atoms with Crippen molar-refractivity contribution in [3.63, 3.8) is 0 Å². The highest BCUT2D eigenvalue weighted by Crippen LogP contribution is 2.27. The smallest absolute Gasteiger partial charge is 0.183 e. The van der Waals surface area contributed by atoms with Crippen LogP contribution in [-0.2, 0) is 19.7 Å². The summed E-state index contributed by atoms with van der Waals surface area (Å²) in [5.41, 5.74) is 0. The Morgan fingerprint density at radius 1 is 1.22 bits per heavy atom. The fraction of sp³-hybridized carbons (Fsp3) is 0.600. The van der Waals surface area contributed by atoms with Crippen LogP contribution in [0.5, 0.6) is 0 Å². The molecule has 1 fully saturated rings. The van der Waals surface area contributed by atoms with Crippen molar-refractivity contribution in [2.75, 3.05) is 18.1 Å². The molecule has 0 aliphatic carbocycles. The van der Waals surface area contributed by atoms with Crippen LogP contribution in [0.15, 0.2) is 29.2 Å². The zero-order chi connectivity index (χ0) is 17.3. The molecule has 0 spiro atoms. The van der Waals surface area contributed by atoms with Crippen LogP contribution >= 0.6 is 11.6 Å². The monoisotopic (exact) mass is 379 g/mol. The van der Waals surface area contributed by atoms with E-state index >= 15 is 0 Å². The maximum Gasteiger partial charge on any atom is 0.183 e. The van der Waals surface area contributed by atoms with Gasteiger partial charge in [-0.25, -0.2) is 16.8 Å². The summed E-state index contributed by atoms with van der Waals surface area (Å²) >= 11 is 5.79. The average Bonchev–Trinajstić information content (AvgIpc) is 2.75. The molecule has 0 radical (unpaired) electrons. The first kappa shape index (κ1) is 18.7. The lowest BCUT2D eigenvalue weighted by Gasteiger charge is -2.20. The van der Waals surface area contributed by atoms with Crippen LogP contribution in [0.1, 0.15) is 20.3 Å². The van der Waals surface area contributed by atoms with Crippen LogP contribution in [0.3, 0.4) is 0 Å². The van der Waals surface area contributed by atoms with E-state index in [-0.39, 0.29) is 16.4 Å². The summed E-state index contributed by atoms with van der Waals surface area (Å²) in [4.78, 5) is 0.111. The largest absolute Gasteiger partial charge is 0.312 e. The number of rotatable bonds is 6. The van der Waals surface area contributed by atoms with Crippen LogP contribution in [0, 0.1) is 5.92 Å². The van der Waals surface area contributed by atoms with Gasteiger partial charge in [-0.05, 0) is 43.1 Å². The van der Waals surface area contributed by atoms with Gasteiger partial charge in [0.05, 0.1) is 21.7 Å². The van der Waals surface area contributed by atoms with E-state index in [0.717, 1.165) is 6.42 Å². The normalized spacial score (nSPS) is 24.2. The number of halogens is 1. The second-order valence-corrected chi connectivity index (χ2v) is 11.1. The van der Waals surface area contributed by atoms with Gasteiger partial charge in [-0.1, -0.05) is 25.4 Å². The molecule has 1 heterocycles. The lowest BCUT2D eigenvalue weighted by molar-refractivity contribution is 0.483. The van der Waals surface area contributed by atoms with E-state index < -0.39 is 31.0 Å². The van der Waals surface area contributed by atoms with Gasteiger partial charge in [-0.2, -0.15) is 0 Å². The molecule has 5 nitrogen and oxygen atoms in total. The van der Waals surface area contributed by atoms with Gasteiger partial charge in [0.2, 0.25) is 0 Å². The van der Waals surface area contributed by atoms with Crippen molar-refractivity contribution in [2.24, 2.45) is 5.92 Å². The zero-order valence-electron chi connectivity index (χ0n) is 13.2. The molecular weight excluding hydrogens is 358 g/mol. The van der Waals surface area contributed by atoms with Crippen molar-refractivity contribution in [2.45, 2.75) is 36.5 Å². The van der Waals surface area contributed by atoms with Gasteiger partial charge >= 0.3 is 0 Å². The lowest BCUT2D eigenvalue weighted by atomic mass is 10.1. The first-order valence-electron chi connectivity index (χ1n) is 7.55. The van der Waals surface area contributed by atoms with Crippen molar-refractivity contribution < 1.29 is 16.8 Å². The molecule has 23 heavy (non-hydrogen) atoms. The Morgan fingerprint density at radius 3 is 2.39 bits per heavy atom. The molecule has 1 aliphatic rings. The molecule has 0 unspecified atom stereocenters. The van der Waals surface area contributed by atoms with Crippen molar-refractivity contribution in [3.8, 4) is 0 Å². The van der Waals surface area contributed by atoms with Crippen molar-refractivity contribution in [1.29, 1.82) is 0 Å². The fourth-order valence-electron chi connectivity index (χ4n) is 2.67. The molecule has 1 aromatic carbocycles. The molecule has 1 aliphatic heterocycles. The predicted octanol–water partition coefficient (Wildman–Crippen LogP) is 1.92. The van der Waals surface area contributed by atoms with E-state index in [2.05, 4.69) is 19.2 Å². The van der Waals surface area contributed by atoms with E-state index in [1.807, 2.05) is 0 Å². The summed E-state index contributed by atoms with van der Waals surface area (Å²) in [7, 11) is -7.09. The topological polar surface area (TPSA) is 80.3 Å². The minimum atomic E-state index is -3.73. The molecule has 8 heteroatoms. The number of benzene rings is 1. The van der Waals surface area contributed by atoms with Gasteiger partial charge in [0.1, 0.15) is 0 Å². The number of sulfone groups is 2. The summed E-state index contributed by atoms with van der Waals surface area (Å²) in [6.07, 6.45) is 0.865. The van der Waals surface area contributed by atoms with Gasteiger partial charge in [0.15, 0.2) is 19.7 Å². The van der Waals surface area contributed by atoms with E-state index in [0.29, 0.717) is 17.5 Å². The minimum Gasteiger partial charge on any atom is -0.312 e. The number of hydrogen-bond donors (Lipinski definition) is 1. The highest BCUT2D eigenvalue weighted by molar-refractivity contribution is 7.96. The van der Waals surface area contributed by atoms with E-state index in [9.17, 15) is 16.8 Å². The molecule has 130 valence electrons. The Morgan fingerprint density at radius 2 is 1.83 bits per heavy atom. The number of hydrogen-bond acceptors (Lipinski definition) is 5. The van der Waals surface area contributed by atoms with E-state index in [1.54, 1.807) is 0 Å². The Kier molecular flexibility index (Phi) is 5.76. The molecule has 0 amide bonds. The highest BCUT2D eigenvalue weighted by atomic mass is 35.5. The van der Waals surface area contributed by atoms with Crippen LogP contribution in [-0.4, -0.2) is 46.2 Å². The minimum absolute atomic E-state index is 0.111. The standard InChI is InChI=1S/C15H22ClNO4S2/c1-11(2)7-8-17-14-9-22(18,19)10-15(14)23(20,21)13-5-3-12(16)4-6-13/h3-6,11,14-15,17H,7-10H2,1-2H3/t14-,15-/m0/s1. The van der Waals surface area contributed by atoms with Gasteiger partial charge in [0.25, 0.3) is 0 Å². The maximum atomic E-state index is 12.8. The zero-order valence-corrected chi connectivity index (χ0v) is 15.6. The highest BCUT2D eigenvalue weighted by Gasteiger charge is 2.45. The van der Waals surface area contributed by atoms with Crippen molar-refractivity contribution >= 4 is 31.3 Å². The van der Waals surface area contributed by atoms with Crippen LogP contribution in [0.4, 0.5) is 0 Å². The molecule has 2 atom stereocenters. The lowest BCUT2D eigenvalue weighted by Crippen LogP contribution is -2.43. The predicted molar refractivity (Wildman–Crippen MR) is 92.3 cm³/mol. The Labute approximate surface area is 143 Å². The molecule has 0 bridgehead atoms. The first-order chi connectivity index (χ1) is 10.6. The Hall–Kier alpha value is -0.630. The van der Waals surface area contributed by atoms with Crippen LogP contribution in [0.25, 0.3) is 0 Å². The summed E-state index contributed by atoms with van der Waals surface area (Å²) in [6.45, 7) is 4.73. The Bertz CT molecular complexity index is 742.